The molecule has 0 bridgehead atoms. The summed E-state index contributed by atoms with van der Waals surface area (Å²) in [6, 6.07) is 8.30. The van der Waals surface area contributed by atoms with E-state index in [0.717, 1.165) is 0 Å². The second-order valence-corrected chi connectivity index (χ2v) is 1.67. The molecule has 2 nitrogen and oxygen atoms in total. The Balaban J connectivity index is 0.000000810. The van der Waals surface area contributed by atoms with Crippen LogP contribution in [0.1, 0.15) is 10.4 Å². The van der Waals surface area contributed by atoms with Crippen molar-refractivity contribution in [1.29, 1.82) is 0 Å². The Bertz CT molecular complexity index is 208. The normalized spacial score (nSPS) is 8.00. The van der Waals surface area contributed by atoms with Gasteiger partial charge in [0, 0.05) is 0 Å². The number of halogens is 1. The van der Waals surface area contributed by atoms with E-state index in [1.807, 2.05) is 0 Å². The monoisotopic (exact) mass is 142 g/mol. The van der Waals surface area contributed by atoms with Crippen molar-refractivity contribution >= 4 is 5.97 Å². The van der Waals surface area contributed by atoms with Crippen LogP contribution in [0.3, 0.4) is 0 Å². The summed E-state index contributed by atoms with van der Waals surface area (Å²) in [4.78, 5) is 10.2. The standard InChI is InChI=1S/C7H6O2.FH/c8-7(9)6-4-2-1-3-5-6;/h1-5H,(H,8,9);1H. The Labute approximate surface area is 57.5 Å². The van der Waals surface area contributed by atoms with E-state index in [9.17, 15) is 4.79 Å². The molecule has 0 heterocycles. The van der Waals surface area contributed by atoms with Crippen molar-refractivity contribution in [2.45, 2.75) is 0 Å². The summed E-state index contributed by atoms with van der Waals surface area (Å²) < 4.78 is 0. The summed E-state index contributed by atoms with van der Waals surface area (Å²) in [7, 11) is 0. The first-order valence-electron chi connectivity index (χ1n) is 2.59. The SMILES string of the molecule is F.O=C(O)c1ccccc1. The van der Waals surface area contributed by atoms with Gasteiger partial charge in [0.15, 0.2) is 0 Å². The Hall–Kier alpha value is -1.38. The number of rotatable bonds is 1. The van der Waals surface area contributed by atoms with Crippen LogP contribution in [0.25, 0.3) is 0 Å². The molecule has 0 aliphatic heterocycles. The number of aromatic carboxylic acids is 1. The molecule has 0 fully saturated rings. The van der Waals surface area contributed by atoms with Gasteiger partial charge in [0.1, 0.15) is 0 Å². The van der Waals surface area contributed by atoms with Gasteiger partial charge in [0.05, 0.1) is 5.56 Å². The van der Waals surface area contributed by atoms with E-state index < -0.39 is 5.97 Å². The molecule has 3 heteroatoms. The number of benzene rings is 1. The quantitative estimate of drug-likeness (QED) is 0.645. The van der Waals surface area contributed by atoms with Crippen molar-refractivity contribution < 1.29 is 14.6 Å². The Morgan fingerprint density at radius 1 is 1.20 bits per heavy atom. The van der Waals surface area contributed by atoms with Gasteiger partial charge >= 0.3 is 5.97 Å². The minimum absolute atomic E-state index is 0. The van der Waals surface area contributed by atoms with Crippen LogP contribution < -0.4 is 0 Å². The van der Waals surface area contributed by atoms with Crippen molar-refractivity contribution in [2.24, 2.45) is 0 Å². The highest BCUT2D eigenvalue weighted by atomic mass is 19.0. The zero-order valence-electron chi connectivity index (χ0n) is 5.15. The van der Waals surface area contributed by atoms with Gasteiger partial charge in [-0.25, -0.2) is 4.79 Å². The maximum Gasteiger partial charge on any atom is 0.335 e. The van der Waals surface area contributed by atoms with Gasteiger partial charge in [-0.1, -0.05) is 18.2 Å². The minimum Gasteiger partial charge on any atom is -0.478 e. The number of hydrogen-bond acceptors (Lipinski definition) is 1. The average molecular weight is 142 g/mol. The predicted molar refractivity (Wildman–Crippen MR) is 35.9 cm³/mol. The van der Waals surface area contributed by atoms with Crippen LogP contribution in [0.2, 0.25) is 0 Å². The average Bonchev–Trinajstić information content (AvgIpc) is 1.90. The lowest BCUT2D eigenvalue weighted by molar-refractivity contribution is 0.0697. The molecular weight excluding hydrogens is 135 g/mol. The van der Waals surface area contributed by atoms with Crippen LogP contribution in [0.15, 0.2) is 30.3 Å². The molecule has 1 aromatic carbocycles. The summed E-state index contributed by atoms with van der Waals surface area (Å²) in [5.41, 5.74) is 0.331. The van der Waals surface area contributed by atoms with Gasteiger partial charge in [0.25, 0.3) is 0 Å². The largest absolute Gasteiger partial charge is 0.478 e. The summed E-state index contributed by atoms with van der Waals surface area (Å²) in [5, 5.41) is 8.38. The molecular formula is C7H7FO2. The molecule has 1 rings (SSSR count). The number of carboxylic acids is 1. The van der Waals surface area contributed by atoms with Crippen molar-refractivity contribution in [2.75, 3.05) is 0 Å². The molecule has 0 spiro atoms. The van der Waals surface area contributed by atoms with Gasteiger partial charge in [-0.2, -0.15) is 0 Å². The first-order chi connectivity index (χ1) is 4.30. The Kier molecular flexibility index (Phi) is 3.11. The van der Waals surface area contributed by atoms with Crippen LogP contribution in [-0.2, 0) is 0 Å². The van der Waals surface area contributed by atoms with E-state index in [4.69, 9.17) is 5.11 Å². The molecule has 0 unspecified atom stereocenters. The molecule has 10 heavy (non-hydrogen) atoms. The molecule has 1 N–H and O–H groups in total. The van der Waals surface area contributed by atoms with E-state index in [-0.39, 0.29) is 4.70 Å². The van der Waals surface area contributed by atoms with Crippen molar-refractivity contribution in [1.82, 2.24) is 0 Å². The maximum absolute atomic E-state index is 10.2. The van der Waals surface area contributed by atoms with E-state index >= 15 is 0 Å². The Morgan fingerprint density at radius 2 is 1.70 bits per heavy atom. The fraction of sp³-hybridized carbons (Fsp3) is 0. The summed E-state index contributed by atoms with van der Waals surface area (Å²) in [6.45, 7) is 0. The van der Waals surface area contributed by atoms with Crippen LogP contribution >= 0.6 is 0 Å². The third-order valence-corrected chi connectivity index (χ3v) is 1.02. The molecule has 0 aliphatic carbocycles. The Morgan fingerprint density at radius 3 is 2.00 bits per heavy atom. The fourth-order valence-corrected chi connectivity index (χ4v) is 0.581. The molecule has 0 radical (unpaired) electrons. The van der Waals surface area contributed by atoms with Gasteiger partial charge in [0.2, 0.25) is 0 Å². The summed E-state index contributed by atoms with van der Waals surface area (Å²) in [5.74, 6) is -0.879. The highest BCUT2D eigenvalue weighted by Gasteiger charge is 1.96. The summed E-state index contributed by atoms with van der Waals surface area (Å²) >= 11 is 0. The molecule has 0 amide bonds. The van der Waals surface area contributed by atoms with Gasteiger partial charge in [-0.05, 0) is 12.1 Å². The van der Waals surface area contributed by atoms with E-state index in [0.29, 0.717) is 5.56 Å². The van der Waals surface area contributed by atoms with Gasteiger partial charge in [-0.3, -0.25) is 4.70 Å². The molecule has 0 atom stereocenters. The highest BCUT2D eigenvalue weighted by Crippen LogP contribution is 1.96. The van der Waals surface area contributed by atoms with Gasteiger partial charge in [-0.15, -0.1) is 0 Å². The lowest BCUT2D eigenvalue weighted by atomic mass is 10.2. The molecule has 0 saturated carbocycles. The zero-order chi connectivity index (χ0) is 6.69. The molecule has 1 aromatic rings. The lowest BCUT2D eigenvalue weighted by Gasteiger charge is -1.88. The van der Waals surface area contributed by atoms with E-state index in [1.165, 1.54) is 0 Å². The van der Waals surface area contributed by atoms with Crippen molar-refractivity contribution in [3.05, 3.63) is 35.9 Å². The third-order valence-electron chi connectivity index (χ3n) is 1.02. The molecule has 54 valence electrons. The number of carboxylic acid groups (broad SMARTS) is 1. The topological polar surface area (TPSA) is 37.3 Å². The zero-order valence-corrected chi connectivity index (χ0v) is 5.15. The van der Waals surface area contributed by atoms with Gasteiger partial charge < -0.3 is 5.11 Å². The maximum atomic E-state index is 10.2. The molecule has 0 aromatic heterocycles. The smallest absolute Gasteiger partial charge is 0.335 e. The van der Waals surface area contributed by atoms with E-state index in [2.05, 4.69) is 0 Å². The van der Waals surface area contributed by atoms with Crippen molar-refractivity contribution in [3.8, 4) is 0 Å². The second kappa shape index (κ2) is 3.61. The lowest BCUT2D eigenvalue weighted by Crippen LogP contribution is -1.93. The predicted octanol–water partition coefficient (Wildman–Crippen LogP) is 1.54. The van der Waals surface area contributed by atoms with Crippen molar-refractivity contribution in [3.63, 3.8) is 0 Å². The van der Waals surface area contributed by atoms with Crippen LogP contribution in [0.5, 0.6) is 0 Å². The van der Waals surface area contributed by atoms with Crippen LogP contribution in [0, 0.1) is 0 Å². The fourth-order valence-electron chi connectivity index (χ4n) is 0.581. The molecule has 0 saturated heterocycles. The first kappa shape index (κ1) is 8.62. The highest BCUT2D eigenvalue weighted by molar-refractivity contribution is 5.87. The first-order valence-corrected chi connectivity index (χ1v) is 2.59. The minimum atomic E-state index is -0.879. The number of hydrogen-bond donors (Lipinski definition) is 1. The number of carbonyl (C=O) groups is 1. The van der Waals surface area contributed by atoms with Crippen LogP contribution in [-0.4, -0.2) is 11.1 Å². The second-order valence-electron chi connectivity index (χ2n) is 1.67. The van der Waals surface area contributed by atoms with Crippen LogP contribution in [0.4, 0.5) is 4.70 Å². The summed E-state index contributed by atoms with van der Waals surface area (Å²) in [6.07, 6.45) is 0. The van der Waals surface area contributed by atoms with E-state index in [1.54, 1.807) is 30.3 Å². The third kappa shape index (κ3) is 1.85. The molecule has 0 aliphatic rings.